The molecule has 1 fully saturated rings. The monoisotopic (exact) mass is 300 g/mol. The summed E-state index contributed by atoms with van der Waals surface area (Å²) in [5, 5.41) is 4.16. The molecule has 0 radical (unpaired) electrons. The van der Waals surface area contributed by atoms with E-state index in [4.69, 9.17) is 4.74 Å². The van der Waals surface area contributed by atoms with Crippen LogP contribution in [0.2, 0.25) is 0 Å². The van der Waals surface area contributed by atoms with Crippen LogP contribution in [0.4, 0.5) is 10.5 Å². The van der Waals surface area contributed by atoms with Gasteiger partial charge in [0.25, 0.3) is 0 Å². The first-order chi connectivity index (χ1) is 10.6. The molecule has 1 aliphatic heterocycles. The van der Waals surface area contributed by atoms with Crippen molar-refractivity contribution in [3.63, 3.8) is 0 Å². The average Bonchev–Trinajstić information content (AvgIpc) is 3.06. The number of hydrogen-bond acceptors (Lipinski definition) is 4. The number of hydrogen-bond donors (Lipinski definition) is 0. The Labute approximate surface area is 129 Å². The average molecular weight is 300 g/mol. The minimum atomic E-state index is -0.273. The lowest BCUT2D eigenvalue weighted by Gasteiger charge is -2.19. The topological polar surface area (TPSA) is 50.6 Å². The standard InChI is InChI=1S/C16H20N4O2/c1-18(10-14-8-9-17-19(14)2)11-15-12-20(16(21)22-15)13-6-4-3-5-7-13/h3-9,15H,10-12H2,1-2H3. The summed E-state index contributed by atoms with van der Waals surface area (Å²) in [6.07, 6.45) is 1.40. The Kier molecular flexibility index (Phi) is 4.11. The molecule has 1 unspecified atom stereocenters. The first kappa shape index (κ1) is 14.6. The molecule has 1 saturated heterocycles. The number of carbonyl (C=O) groups is 1. The van der Waals surface area contributed by atoms with Gasteiger partial charge in [0.1, 0.15) is 6.10 Å². The fraction of sp³-hybridized carbons (Fsp3) is 0.375. The minimum absolute atomic E-state index is 0.120. The maximum atomic E-state index is 12.0. The molecule has 2 aromatic rings. The number of anilines is 1. The van der Waals surface area contributed by atoms with Crippen LogP contribution in [0, 0.1) is 0 Å². The second-order valence-electron chi connectivity index (χ2n) is 5.59. The van der Waals surface area contributed by atoms with Gasteiger partial charge in [-0.1, -0.05) is 18.2 Å². The predicted molar refractivity (Wildman–Crippen MR) is 83.6 cm³/mol. The molecule has 22 heavy (non-hydrogen) atoms. The zero-order valence-electron chi connectivity index (χ0n) is 12.8. The quantitative estimate of drug-likeness (QED) is 0.846. The molecule has 1 amide bonds. The summed E-state index contributed by atoms with van der Waals surface area (Å²) in [4.78, 5) is 15.8. The zero-order chi connectivity index (χ0) is 15.5. The number of likely N-dealkylation sites (N-methyl/N-ethyl adjacent to an activating group) is 1. The lowest BCUT2D eigenvalue weighted by molar-refractivity contribution is 0.114. The van der Waals surface area contributed by atoms with Gasteiger partial charge in [-0.3, -0.25) is 14.5 Å². The van der Waals surface area contributed by atoms with Crippen molar-refractivity contribution in [1.82, 2.24) is 14.7 Å². The molecule has 0 N–H and O–H groups in total. The fourth-order valence-corrected chi connectivity index (χ4v) is 2.68. The Morgan fingerprint density at radius 3 is 2.77 bits per heavy atom. The maximum absolute atomic E-state index is 12.0. The van der Waals surface area contributed by atoms with Gasteiger partial charge in [0.2, 0.25) is 0 Å². The summed E-state index contributed by atoms with van der Waals surface area (Å²) >= 11 is 0. The summed E-state index contributed by atoms with van der Waals surface area (Å²) in [7, 11) is 3.95. The molecule has 1 aromatic carbocycles. The van der Waals surface area contributed by atoms with E-state index in [0.717, 1.165) is 17.9 Å². The van der Waals surface area contributed by atoms with E-state index in [1.165, 1.54) is 0 Å². The lowest BCUT2D eigenvalue weighted by Crippen LogP contribution is -2.32. The number of amides is 1. The van der Waals surface area contributed by atoms with Crippen molar-refractivity contribution in [3.8, 4) is 0 Å². The van der Waals surface area contributed by atoms with E-state index >= 15 is 0 Å². The van der Waals surface area contributed by atoms with Gasteiger partial charge in [-0.05, 0) is 25.2 Å². The summed E-state index contributed by atoms with van der Waals surface area (Å²) in [5.74, 6) is 0. The molecule has 0 aliphatic carbocycles. The molecule has 1 aromatic heterocycles. The fourth-order valence-electron chi connectivity index (χ4n) is 2.68. The first-order valence-corrected chi connectivity index (χ1v) is 7.32. The third kappa shape index (κ3) is 3.12. The van der Waals surface area contributed by atoms with Crippen molar-refractivity contribution in [2.45, 2.75) is 12.6 Å². The van der Waals surface area contributed by atoms with Gasteiger partial charge in [-0.2, -0.15) is 5.10 Å². The van der Waals surface area contributed by atoms with Crippen molar-refractivity contribution < 1.29 is 9.53 Å². The van der Waals surface area contributed by atoms with Crippen molar-refractivity contribution >= 4 is 11.8 Å². The molecule has 1 atom stereocenters. The van der Waals surface area contributed by atoms with Gasteiger partial charge < -0.3 is 4.74 Å². The minimum Gasteiger partial charge on any atom is -0.443 e. The number of nitrogens with zero attached hydrogens (tertiary/aromatic N) is 4. The van der Waals surface area contributed by atoms with Crippen LogP contribution in [0.25, 0.3) is 0 Å². The van der Waals surface area contributed by atoms with Crippen LogP contribution >= 0.6 is 0 Å². The largest absolute Gasteiger partial charge is 0.443 e. The number of cyclic esters (lactones) is 1. The Hall–Kier alpha value is -2.34. The molecule has 6 nitrogen and oxygen atoms in total. The molecule has 2 heterocycles. The van der Waals surface area contributed by atoms with Crippen LogP contribution in [0.3, 0.4) is 0 Å². The molecular weight excluding hydrogens is 280 g/mol. The molecule has 6 heteroatoms. The SMILES string of the molecule is CN(Cc1ccnn1C)CC1CN(c2ccccc2)C(=O)O1. The number of ether oxygens (including phenoxy) is 1. The summed E-state index contributed by atoms with van der Waals surface area (Å²) in [6.45, 7) is 2.05. The molecule has 1 aliphatic rings. The van der Waals surface area contributed by atoms with Crippen molar-refractivity contribution in [2.24, 2.45) is 7.05 Å². The van der Waals surface area contributed by atoms with Crippen molar-refractivity contribution in [3.05, 3.63) is 48.3 Å². The first-order valence-electron chi connectivity index (χ1n) is 7.32. The Bertz CT molecular complexity index is 641. The van der Waals surface area contributed by atoms with Gasteiger partial charge in [0.15, 0.2) is 0 Å². The highest BCUT2D eigenvalue weighted by Crippen LogP contribution is 2.21. The number of carbonyl (C=O) groups excluding carboxylic acids is 1. The molecular formula is C16H20N4O2. The lowest BCUT2D eigenvalue weighted by atomic mass is 10.2. The molecule has 116 valence electrons. The van der Waals surface area contributed by atoms with E-state index in [1.54, 1.807) is 11.1 Å². The maximum Gasteiger partial charge on any atom is 0.414 e. The van der Waals surface area contributed by atoms with Gasteiger partial charge in [0.05, 0.1) is 12.2 Å². The van der Waals surface area contributed by atoms with E-state index < -0.39 is 0 Å². The Balaban J connectivity index is 1.58. The van der Waals surface area contributed by atoms with Gasteiger partial charge in [-0.25, -0.2) is 4.79 Å². The second-order valence-corrected chi connectivity index (χ2v) is 5.59. The number of benzene rings is 1. The smallest absolute Gasteiger partial charge is 0.414 e. The third-order valence-electron chi connectivity index (χ3n) is 3.81. The highest BCUT2D eigenvalue weighted by atomic mass is 16.6. The highest BCUT2D eigenvalue weighted by molar-refractivity contribution is 5.89. The number of aromatic nitrogens is 2. The molecule has 0 saturated carbocycles. The molecule has 3 rings (SSSR count). The second kappa shape index (κ2) is 6.19. The number of rotatable bonds is 5. The zero-order valence-corrected chi connectivity index (χ0v) is 12.8. The van der Waals surface area contributed by atoms with Crippen LogP contribution in [-0.2, 0) is 18.3 Å². The summed E-state index contributed by atoms with van der Waals surface area (Å²) < 4.78 is 7.33. The number of para-hydroxylation sites is 1. The Morgan fingerprint density at radius 2 is 2.09 bits per heavy atom. The van der Waals surface area contributed by atoms with E-state index in [-0.39, 0.29) is 12.2 Å². The van der Waals surface area contributed by atoms with Crippen LogP contribution in [-0.4, -0.2) is 47.0 Å². The highest BCUT2D eigenvalue weighted by Gasteiger charge is 2.32. The molecule has 0 spiro atoms. The van der Waals surface area contributed by atoms with Crippen molar-refractivity contribution in [2.75, 3.05) is 25.0 Å². The van der Waals surface area contributed by atoms with Gasteiger partial charge >= 0.3 is 6.09 Å². The van der Waals surface area contributed by atoms with E-state index in [2.05, 4.69) is 10.00 Å². The van der Waals surface area contributed by atoms with Gasteiger partial charge in [-0.15, -0.1) is 0 Å². The van der Waals surface area contributed by atoms with E-state index in [0.29, 0.717) is 13.1 Å². The number of aryl methyl sites for hydroxylation is 1. The van der Waals surface area contributed by atoms with Crippen LogP contribution in [0.5, 0.6) is 0 Å². The predicted octanol–water partition coefficient (Wildman–Crippen LogP) is 1.88. The summed E-state index contributed by atoms with van der Waals surface area (Å²) in [5.41, 5.74) is 2.01. The third-order valence-corrected chi connectivity index (χ3v) is 3.81. The Morgan fingerprint density at radius 1 is 1.32 bits per heavy atom. The summed E-state index contributed by atoms with van der Waals surface area (Å²) in [6, 6.07) is 11.6. The van der Waals surface area contributed by atoms with Crippen LogP contribution in [0.15, 0.2) is 42.6 Å². The van der Waals surface area contributed by atoms with Gasteiger partial charge in [0, 0.05) is 32.0 Å². The van der Waals surface area contributed by atoms with Crippen molar-refractivity contribution in [1.29, 1.82) is 0 Å². The van der Waals surface area contributed by atoms with E-state index in [1.807, 2.05) is 55.2 Å². The van der Waals surface area contributed by atoms with Crippen LogP contribution < -0.4 is 4.90 Å². The van der Waals surface area contributed by atoms with E-state index in [9.17, 15) is 4.79 Å². The normalized spacial score (nSPS) is 18.0. The molecule has 0 bridgehead atoms. The van der Waals surface area contributed by atoms with Crippen LogP contribution in [0.1, 0.15) is 5.69 Å².